The van der Waals surface area contributed by atoms with E-state index in [4.69, 9.17) is 0 Å². The van der Waals surface area contributed by atoms with E-state index in [-0.39, 0.29) is 17.2 Å². The molecule has 7 nitrogen and oxygen atoms in total. The van der Waals surface area contributed by atoms with Crippen molar-refractivity contribution in [2.75, 3.05) is 11.4 Å². The standard InChI is InChI=1S/C18H14F2N4O3S.C3H8/c19-11-3-4-15(20)13(8-11)16-2-1-6-23(16)12-5-7-24-17(9-12)14(10-21-24)18(25)22-28(26)27;1-3-2/h3-5,7-10,16H,1-2,6H2;3H2,1-2H3. The van der Waals surface area contributed by atoms with Gasteiger partial charge in [0.25, 0.3) is 5.91 Å². The third-order valence-electron chi connectivity index (χ3n) is 4.79. The molecule has 0 saturated carbocycles. The predicted molar refractivity (Wildman–Crippen MR) is 113 cm³/mol. The normalized spacial score (nSPS) is 15.5. The lowest BCUT2D eigenvalue weighted by atomic mass is 10.0. The number of carbonyl (C=O) groups excluding carboxylic acids is 1. The molecule has 0 radical (unpaired) electrons. The van der Waals surface area contributed by atoms with Crippen LogP contribution in [-0.4, -0.2) is 30.5 Å². The van der Waals surface area contributed by atoms with Crippen molar-refractivity contribution in [3.05, 3.63) is 65.5 Å². The zero-order valence-electron chi connectivity index (χ0n) is 17.1. The number of pyridine rings is 1. The molecule has 2 aromatic heterocycles. The molecule has 1 amide bonds. The van der Waals surface area contributed by atoms with Gasteiger partial charge in [-0.3, -0.25) is 4.79 Å². The summed E-state index contributed by atoms with van der Waals surface area (Å²) < 4.78 is 53.7. The van der Waals surface area contributed by atoms with E-state index in [1.807, 2.05) is 4.90 Å². The van der Waals surface area contributed by atoms with Crippen LogP contribution in [0.4, 0.5) is 14.5 Å². The van der Waals surface area contributed by atoms with Gasteiger partial charge in [0.15, 0.2) is 0 Å². The lowest BCUT2D eigenvalue weighted by Gasteiger charge is -2.27. The van der Waals surface area contributed by atoms with Crippen LogP contribution in [0.3, 0.4) is 0 Å². The average molecular weight is 448 g/mol. The predicted octanol–water partition coefficient (Wildman–Crippen LogP) is 4.57. The number of carbonyl (C=O) groups is 1. The number of amides is 1. The van der Waals surface area contributed by atoms with Crippen molar-refractivity contribution < 1.29 is 22.0 Å². The Bertz CT molecular complexity index is 1230. The van der Waals surface area contributed by atoms with Gasteiger partial charge in [0.2, 0.25) is 0 Å². The van der Waals surface area contributed by atoms with E-state index in [0.29, 0.717) is 24.2 Å². The molecule has 1 saturated heterocycles. The minimum atomic E-state index is -2.87. The highest BCUT2D eigenvalue weighted by molar-refractivity contribution is 7.62. The summed E-state index contributed by atoms with van der Waals surface area (Å²) >= 11 is 0. The highest BCUT2D eigenvalue weighted by Gasteiger charge is 2.29. The minimum Gasteiger partial charge on any atom is -0.364 e. The zero-order valence-corrected chi connectivity index (χ0v) is 17.9. The van der Waals surface area contributed by atoms with Crippen LogP contribution in [0.25, 0.3) is 5.52 Å². The molecule has 164 valence electrons. The van der Waals surface area contributed by atoms with E-state index in [1.165, 1.54) is 23.2 Å². The van der Waals surface area contributed by atoms with Crippen LogP contribution in [0.5, 0.6) is 0 Å². The molecule has 1 unspecified atom stereocenters. The molecule has 3 heterocycles. The van der Waals surface area contributed by atoms with E-state index < -0.39 is 28.0 Å². The highest BCUT2D eigenvalue weighted by atomic mass is 32.2. The topological polar surface area (TPSA) is 84.1 Å². The first-order valence-electron chi connectivity index (χ1n) is 9.90. The van der Waals surface area contributed by atoms with Gasteiger partial charge in [0.1, 0.15) is 11.6 Å². The van der Waals surface area contributed by atoms with Gasteiger partial charge in [-0.15, -0.1) is 0 Å². The van der Waals surface area contributed by atoms with E-state index >= 15 is 0 Å². The molecule has 1 aliphatic heterocycles. The molecule has 1 atom stereocenters. The van der Waals surface area contributed by atoms with E-state index in [2.05, 4.69) is 23.3 Å². The second kappa shape index (κ2) is 9.78. The average Bonchev–Trinajstić information content (AvgIpc) is 3.36. The second-order valence-corrected chi connectivity index (χ2v) is 7.73. The summed E-state index contributed by atoms with van der Waals surface area (Å²) in [6.07, 6.45) is 5.56. The Labute approximate surface area is 180 Å². The zero-order chi connectivity index (χ0) is 22.5. The molecule has 4 rings (SSSR count). The van der Waals surface area contributed by atoms with Crippen LogP contribution >= 0.6 is 0 Å². The number of nitrogens with zero attached hydrogens (tertiary/aromatic N) is 4. The van der Waals surface area contributed by atoms with Gasteiger partial charge in [0, 0.05) is 24.0 Å². The number of benzene rings is 1. The summed E-state index contributed by atoms with van der Waals surface area (Å²) in [6, 6.07) is 6.47. The van der Waals surface area contributed by atoms with Crippen molar-refractivity contribution in [2.45, 2.75) is 39.2 Å². The lowest BCUT2D eigenvalue weighted by molar-refractivity contribution is 0.101. The molecular formula is C21H22F2N4O3S. The fraction of sp³-hybridized carbons (Fsp3) is 0.333. The van der Waals surface area contributed by atoms with Gasteiger partial charge in [0.05, 0.1) is 23.3 Å². The SMILES string of the molecule is CCC.O=C(N=S(=O)=O)c1cnn2ccc(N3CCCC3c3cc(F)ccc3F)cc12. The van der Waals surface area contributed by atoms with E-state index in [1.54, 1.807) is 18.3 Å². The second-order valence-electron chi connectivity index (χ2n) is 7.11. The van der Waals surface area contributed by atoms with Crippen LogP contribution in [0.2, 0.25) is 0 Å². The molecule has 31 heavy (non-hydrogen) atoms. The van der Waals surface area contributed by atoms with Crippen molar-refractivity contribution >= 4 is 27.6 Å². The van der Waals surface area contributed by atoms with Crippen molar-refractivity contribution in [3.63, 3.8) is 0 Å². The maximum atomic E-state index is 14.3. The van der Waals surface area contributed by atoms with Crippen molar-refractivity contribution in [1.29, 1.82) is 0 Å². The highest BCUT2D eigenvalue weighted by Crippen LogP contribution is 2.38. The summed E-state index contributed by atoms with van der Waals surface area (Å²) in [6.45, 7) is 4.88. The summed E-state index contributed by atoms with van der Waals surface area (Å²) in [7, 11) is -2.87. The van der Waals surface area contributed by atoms with Crippen LogP contribution in [0, 0.1) is 11.6 Å². The monoisotopic (exact) mass is 448 g/mol. The van der Waals surface area contributed by atoms with Crippen molar-refractivity contribution in [2.24, 2.45) is 4.36 Å². The summed E-state index contributed by atoms with van der Waals surface area (Å²) in [5, 5.41) is 4.02. The first-order valence-corrected chi connectivity index (χ1v) is 10.9. The van der Waals surface area contributed by atoms with E-state index in [9.17, 15) is 22.0 Å². The van der Waals surface area contributed by atoms with Gasteiger partial charge in [-0.2, -0.15) is 13.5 Å². The van der Waals surface area contributed by atoms with Crippen LogP contribution in [-0.2, 0) is 10.5 Å². The van der Waals surface area contributed by atoms with Crippen LogP contribution in [0.15, 0.2) is 47.1 Å². The Morgan fingerprint density at radius 2 is 1.97 bits per heavy atom. The Balaban J connectivity index is 0.000000858. The van der Waals surface area contributed by atoms with E-state index in [0.717, 1.165) is 18.6 Å². The molecule has 10 heteroatoms. The Kier molecular flexibility index (Phi) is 7.11. The first-order chi connectivity index (χ1) is 14.8. The third-order valence-corrected chi connectivity index (χ3v) is 5.11. The summed E-state index contributed by atoms with van der Waals surface area (Å²) in [4.78, 5) is 13.9. The van der Waals surface area contributed by atoms with Crippen LogP contribution < -0.4 is 4.90 Å². The van der Waals surface area contributed by atoms with Crippen molar-refractivity contribution in [3.8, 4) is 0 Å². The number of fused-ring (bicyclic) bond motifs is 1. The molecule has 0 aliphatic carbocycles. The minimum absolute atomic E-state index is 0.0405. The molecule has 3 aromatic rings. The Morgan fingerprint density at radius 1 is 1.23 bits per heavy atom. The molecule has 1 fully saturated rings. The lowest BCUT2D eigenvalue weighted by Crippen LogP contribution is -2.23. The Morgan fingerprint density at radius 3 is 2.68 bits per heavy atom. The first kappa shape index (κ1) is 22.5. The Hall–Kier alpha value is -3.14. The summed E-state index contributed by atoms with van der Waals surface area (Å²) in [5.74, 6) is -1.90. The van der Waals surface area contributed by atoms with Gasteiger partial charge in [-0.1, -0.05) is 24.6 Å². The van der Waals surface area contributed by atoms with Gasteiger partial charge >= 0.3 is 10.5 Å². The molecule has 0 bridgehead atoms. The van der Waals surface area contributed by atoms with Gasteiger partial charge < -0.3 is 4.90 Å². The fourth-order valence-corrected chi connectivity index (χ4v) is 3.83. The molecule has 1 aromatic carbocycles. The number of hydrogen-bond donors (Lipinski definition) is 0. The largest absolute Gasteiger partial charge is 0.364 e. The molecule has 0 N–H and O–H groups in total. The van der Waals surface area contributed by atoms with Crippen molar-refractivity contribution in [1.82, 2.24) is 9.61 Å². The third kappa shape index (κ3) is 4.96. The maximum absolute atomic E-state index is 14.3. The molecule has 1 aliphatic rings. The maximum Gasteiger partial charge on any atom is 0.319 e. The van der Waals surface area contributed by atoms with Gasteiger partial charge in [-0.25, -0.2) is 13.3 Å². The molecule has 0 spiro atoms. The van der Waals surface area contributed by atoms with Gasteiger partial charge in [-0.05, 0) is 43.2 Å². The number of anilines is 1. The smallest absolute Gasteiger partial charge is 0.319 e. The number of halogens is 2. The number of aromatic nitrogens is 2. The summed E-state index contributed by atoms with van der Waals surface area (Å²) in [5.41, 5.74) is 1.39. The fourth-order valence-electron chi connectivity index (χ4n) is 3.60. The number of rotatable bonds is 3. The molecular weight excluding hydrogens is 426 g/mol. The quantitative estimate of drug-likeness (QED) is 0.586. The van der Waals surface area contributed by atoms with Crippen LogP contribution in [0.1, 0.15) is 55.1 Å². The number of hydrogen-bond acceptors (Lipinski definition) is 5.